The van der Waals surface area contributed by atoms with E-state index in [9.17, 15) is 14.4 Å². The van der Waals surface area contributed by atoms with E-state index in [1.165, 1.54) is 15.6 Å². The zero-order chi connectivity index (χ0) is 23.4. The molecule has 1 aliphatic rings. The van der Waals surface area contributed by atoms with Gasteiger partial charge in [0.1, 0.15) is 5.82 Å². The smallest absolute Gasteiger partial charge is 0.345 e. The topological polar surface area (TPSA) is 104 Å². The molecular weight excluding hydrogens is 424 g/mol. The van der Waals surface area contributed by atoms with Gasteiger partial charge in [-0.3, -0.25) is 18.7 Å². The number of nitrogens with zero attached hydrogens (tertiary/aromatic N) is 6. The van der Waals surface area contributed by atoms with Crippen LogP contribution in [0.1, 0.15) is 37.9 Å². The Morgan fingerprint density at radius 2 is 1.91 bits per heavy atom. The lowest BCUT2D eigenvalue weighted by Gasteiger charge is -2.31. The Morgan fingerprint density at radius 3 is 2.64 bits per heavy atom. The molecule has 0 N–H and O–H groups in total. The lowest BCUT2D eigenvalue weighted by Crippen LogP contribution is -2.39. The van der Waals surface area contributed by atoms with Crippen LogP contribution in [0.5, 0.6) is 0 Å². The van der Waals surface area contributed by atoms with E-state index in [1.807, 2.05) is 24.0 Å². The van der Waals surface area contributed by atoms with E-state index in [-0.39, 0.29) is 29.5 Å². The number of likely N-dealkylation sites (tertiary alicyclic amines) is 1. The molecule has 1 aliphatic heterocycles. The van der Waals surface area contributed by atoms with Gasteiger partial charge < -0.3 is 9.64 Å². The van der Waals surface area contributed by atoms with Crippen molar-refractivity contribution in [1.82, 2.24) is 28.8 Å². The predicted molar refractivity (Wildman–Crippen MR) is 123 cm³/mol. The van der Waals surface area contributed by atoms with Crippen molar-refractivity contribution in [3.8, 4) is 0 Å². The SMILES string of the molecule is CCn1c(C2CCN(C(=O)CCn3cnc4ccccc4c3=O)CC2)nn(CCOC)c1=O. The summed E-state index contributed by atoms with van der Waals surface area (Å²) in [5.41, 5.74) is 0.411. The van der Waals surface area contributed by atoms with E-state index in [1.54, 1.807) is 23.8 Å². The number of piperidine rings is 1. The Labute approximate surface area is 191 Å². The molecule has 0 unspecified atom stereocenters. The summed E-state index contributed by atoms with van der Waals surface area (Å²) in [4.78, 5) is 44.2. The number of aryl methyl sites for hydroxylation is 1. The summed E-state index contributed by atoms with van der Waals surface area (Å²) in [7, 11) is 1.60. The third kappa shape index (κ3) is 4.75. The Bertz CT molecular complexity index is 1240. The number of hydrogen-bond acceptors (Lipinski definition) is 6. The normalized spacial score (nSPS) is 14.8. The molecule has 0 radical (unpaired) electrons. The van der Waals surface area contributed by atoms with Crippen LogP contribution in [0.15, 0.2) is 40.2 Å². The number of hydrogen-bond donors (Lipinski definition) is 0. The molecule has 33 heavy (non-hydrogen) atoms. The van der Waals surface area contributed by atoms with Gasteiger partial charge in [-0.25, -0.2) is 14.5 Å². The monoisotopic (exact) mass is 454 g/mol. The number of aromatic nitrogens is 5. The number of fused-ring (bicyclic) bond motifs is 1. The minimum absolute atomic E-state index is 0.0204. The average Bonchev–Trinajstić information content (AvgIpc) is 3.17. The second kappa shape index (κ2) is 10.1. The van der Waals surface area contributed by atoms with Gasteiger partial charge in [-0.1, -0.05) is 12.1 Å². The van der Waals surface area contributed by atoms with Crippen LogP contribution in [0.25, 0.3) is 10.9 Å². The minimum atomic E-state index is -0.131. The molecule has 1 saturated heterocycles. The zero-order valence-corrected chi connectivity index (χ0v) is 19.1. The van der Waals surface area contributed by atoms with E-state index in [0.717, 1.165) is 18.7 Å². The summed E-state index contributed by atoms with van der Waals surface area (Å²) in [6.45, 7) is 4.88. The summed E-state index contributed by atoms with van der Waals surface area (Å²) >= 11 is 0. The Morgan fingerprint density at radius 1 is 1.15 bits per heavy atom. The van der Waals surface area contributed by atoms with Gasteiger partial charge in [-0.15, -0.1) is 0 Å². The summed E-state index contributed by atoms with van der Waals surface area (Å²) in [6, 6.07) is 7.20. The molecule has 3 heterocycles. The molecule has 1 aromatic carbocycles. The average molecular weight is 455 g/mol. The third-order valence-corrected chi connectivity index (χ3v) is 6.29. The fourth-order valence-electron chi connectivity index (χ4n) is 4.41. The Balaban J connectivity index is 1.36. The maximum atomic E-state index is 12.8. The molecule has 2 aromatic heterocycles. The molecule has 4 rings (SSSR count). The first-order chi connectivity index (χ1) is 16.0. The Kier molecular flexibility index (Phi) is 7.02. The van der Waals surface area contributed by atoms with Crippen molar-refractivity contribution in [1.29, 1.82) is 0 Å². The summed E-state index contributed by atoms with van der Waals surface area (Å²) in [5, 5.41) is 5.12. The van der Waals surface area contributed by atoms with Gasteiger partial charge in [-0.2, -0.15) is 5.10 Å². The van der Waals surface area contributed by atoms with Gasteiger partial charge in [0.2, 0.25) is 5.91 Å². The minimum Gasteiger partial charge on any atom is -0.383 e. The van der Waals surface area contributed by atoms with Crippen molar-refractivity contribution in [2.45, 2.75) is 51.7 Å². The number of benzene rings is 1. The maximum Gasteiger partial charge on any atom is 0.345 e. The number of carbonyl (C=O) groups is 1. The zero-order valence-electron chi connectivity index (χ0n) is 19.1. The molecule has 10 heteroatoms. The van der Waals surface area contributed by atoms with Gasteiger partial charge in [0.05, 0.1) is 30.4 Å². The van der Waals surface area contributed by atoms with Crippen LogP contribution in [0.3, 0.4) is 0 Å². The Hall–Kier alpha value is -3.27. The van der Waals surface area contributed by atoms with Gasteiger partial charge in [-0.05, 0) is 31.9 Å². The largest absolute Gasteiger partial charge is 0.383 e. The van der Waals surface area contributed by atoms with Gasteiger partial charge >= 0.3 is 5.69 Å². The highest BCUT2D eigenvalue weighted by molar-refractivity contribution is 5.77. The van der Waals surface area contributed by atoms with E-state index in [2.05, 4.69) is 10.1 Å². The second-order valence-electron chi connectivity index (χ2n) is 8.27. The van der Waals surface area contributed by atoms with Gasteiger partial charge in [0.25, 0.3) is 5.56 Å². The molecule has 1 amide bonds. The summed E-state index contributed by atoms with van der Waals surface area (Å²) in [5.74, 6) is 0.948. The number of para-hydroxylation sites is 1. The van der Waals surface area contributed by atoms with Crippen LogP contribution in [0, 0.1) is 0 Å². The highest BCUT2D eigenvalue weighted by Crippen LogP contribution is 2.26. The van der Waals surface area contributed by atoms with Crippen LogP contribution < -0.4 is 11.2 Å². The van der Waals surface area contributed by atoms with E-state index >= 15 is 0 Å². The van der Waals surface area contributed by atoms with Crippen LogP contribution in [0.4, 0.5) is 0 Å². The standard InChI is InChI=1S/C23H30N6O4/c1-3-28-21(25-29(23(28)32)14-15-33-2)17-8-11-26(12-9-17)20(30)10-13-27-16-24-19-7-5-4-6-18(19)22(27)31/h4-7,16-17H,3,8-15H2,1-2H3. The van der Waals surface area contributed by atoms with Crippen molar-refractivity contribution in [3.05, 3.63) is 57.3 Å². The number of methoxy groups -OCH3 is 1. The first-order valence-corrected chi connectivity index (χ1v) is 11.4. The molecule has 3 aromatic rings. The summed E-state index contributed by atoms with van der Waals surface area (Å²) in [6.07, 6.45) is 3.26. The molecule has 0 bridgehead atoms. The third-order valence-electron chi connectivity index (χ3n) is 6.29. The van der Waals surface area contributed by atoms with E-state index < -0.39 is 0 Å². The van der Waals surface area contributed by atoms with Crippen LogP contribution in [0.2, 0.25) is 0 Å². The van der Waals surface area contributed by atoms with Crippen molar-refractivity contribution in [2.75, 3.05) is 26.8 Å². The molecule has 1 fully saturated rings. The molecule has 0 saturated carbocycles. The van der Waals surface area contributed by atoms with Crippen molar-refractivity contribution in [2.24, 2.45) is 0 Å². The van der Waals surface area contributed by atoms with Crippen LogP contribution in [-0.2, 0) is 29.2 Å². The highest BCUT2D eigenvalue weighted by atomic mass is 16.5. The molecule has 0 aliphatic carbocycles. The molecule has 0 atom stereocenters. The highest BCUT2D eigenvalue weighted by Gasteiger charge is 2.28. The predicted octanol–water partition coefficient (Wildman–Crippen LogP) is 1.22. The van der Waals surface area contributed by atoms with Gasteiger partial charge in [0.15, 0.2) is 0 Å². The number of rotatable bonds is 8. The quantitative estimate of drug-likeness (QED) is 0.507. The van der Waals surface area contributed by atoms with Crippen molar-refractivity contribution < 1.29 is 9.53 Å². The second-order valence-corrected chi connectivity index (χ2v) is 8.27. The molecule has 10 nitrogen and oxygen atoms in total. The van der Waals surface area contributed by atoms with Crippen LogP contribution >= 0.6 is 0 Å². The van der Waals surface area contributed by atoms with Crippen LogP contribution in [-0.4, -0.2) is 61.5 Å². The first kappa shape index (κ1) is 22.9. The fourth-order valence-corrected chi connectivity index (χ4v) is 4.41. The van der Waals surface area contributed by atoms with E-state index in [4.69, 9.17) is 4.74 Å². The lowest BCUT2D eigenvalue weighted by atomic mass is 9.95. The first-order valence-electron chi connectivity index (χ1n) is 11.4. The van der Waals surface area contributed by atoms with E-state index in [0.29, 0.717) is 50.2 Å². The molecule has 0 spiro atoms. The number of ether oxygens (including phenoxy) is 1. The number of amides is 1. The molecular formula is C23H30N6O4. The summed E-state index contributed by atoms with van der Waals surface area (Å²) < 4.78 is 9.76. The fraction of sp³-hybridized carbons (Fsp3) is 0.522. The number of carbonyl (C=O) groups excluding carboxylic acids is 1. The van der Waals surface area contributed by atoms with Crippen molar-refractivity contribution in [3.63, 3.8) is 0 Å². The van der Waals surface area contributed by atoms with Crippen molar-refractivity contribution >= 4 is 16.8 Å². The molecule has 176 valence electrons. The maximum absolute atomic E-state index is 12.8. The lowest BCUT2D eigenvalue weighted by molar-refractivity contribution is -0.132. The van der Waals surface area contributed by atoms with Gasteiger partial charge in [0, 0.05) is 45.6 Å².